The molecule has 4 N–H and O–H groups in total. The van der Waals surface area contributed by atoms with Crippen LogP contribution in [0.15, 0.2) is 89.1 Å². The number of amides is 1. The fourth-order valence-corrected chi connectivity index (χ4v) is 11.4. The second kappa shape index (κ2) is 18.8. The molecule has 2 aromatic heterocycles. The number of carbonyl (C=O) groups is 1. The van der Waals surface area contributed by atoms with Gasteiger partial charge in [-0.3, -0.25) is 14.4 Å². The number of hydrogen-bond donors (Lipinski definition) is 4. The van der Waals surface area contributed by atoms with E-state index in [9.17, 15) is 14.8 Å². The summed E-state index contributed by atoms with van der Waals surface area (Å²) in [5.41, 5.74) is 5.80. The van der Waals surface area contributed by atoms with Gasteiger partial charge in [0.25, 0.3) is 11.8 Å². The van der Waals surface area contributed by atoms with Gasteiger partial charge >= 0.3 is 0 Å². The smallest absolute Gasteiger partial charge is 0.265 e. The highest BCUT2D eigenvalue weighted by Crippen LogP contribution is 2.49. The molecule has 5 aromatic rings. The Hall–Kier alpha value is -5.11. The van der Waals surface area contributed by atoms with Crippen LogP contribution in [-0.2, 0) is 0 Å². The van der Waals surface area contributed by atoms with E-state index in [0.29, 0.717) is 81.5 Å². The third kappa shape index (κ3) is 9.48. The zero-order valence-electron chi connectivity index (χ0n) is 37.7. The molecule has 4 heterocycles. The van der Waals surface area contributed by atoms with E-state index in [2.05, 4.69) is 73.1 Å². The van der Waals surface area contributed by atoms with Gasteiger partial charge in [0.2, 0.25) is 0 Å². The van der Waals surface area contributed by atoms with Crippen molar-refractivity contribution in [3.63, 3.8) is 0 Å². The van der Waals surface area contributed by atoms with Gasteiger partial charge in [-0.1, -0.05) is 44.5 Å². The highest BCUT2D eigenvalue weighted by atomic mass is 32.2. The highest BCUT2D eigenvalue weighted by Gasteiger charge is 2.49. The van der Waals surface area contributed by atoms with Gasteiger partial charge in [0.15, 0.2) is 5.75 Å². The maximum atomic E-state index is 14.1. The van der Waals surface area contributed by atoms with Gasteiger partial charge in [-0.25, -0.2) is 0 Å². The summed E-state index contributed by atoms with van der Waals surface area (Å²) in [4.78, 5) is 39.7. The highest BCUT2D eigenvalue weighted by molar-refractivity contribution is 7.98. The van der Waals surface area contributed by atoms with E-state index in [1.54, 1.807) is 11.6 Å². The summed E-state index contributed by atoms with van der Waals surface area (Å²) in [5.74, 6) is 2.38. The molecular weight excluding hydrogens is 823 g/mol. The van der Waals surface area contributed by atoms with Crippen LogP contribution in [0.3, 0.4) is 0 Å². The summed E-state index contributed by atoms with van der Waals surface area (Å²) in [5, 5.41) is 17.9. The number of nitroso groups, excluding NO2 is 1. The second-order valence-corrected chi connectivity index (χ2v) is 20.2. The first-order chi connectivity index (χ1) is 31.0. The average molecular weight is 886 g/mol. The molecule has 4 fully saturated rings. The topological polar surface area (TPSA) is 144 Å². The lowest BCUT2D eigenvalue weighted by molar-refractivity contribution is -0.0493. The van der Waals surface area contributed by atoms with Crippen molar-refractivity contribution in [1.82, 2.24) is 19.6 Å². The molecule has 2 aliphatic heterocycles. The summed E-state index contributed by atoms with van der Waals surface area (Å²) < 4.78 is 15.6. The van der Waals surface area contributed by atoms with E-state index in [1.807, 2.05) is 62.5 Å². The normalized spacial score (nSPS) is 23.3. The molecule has 2 aliphatic carbocycles. The minimum Gasteiger partial charge on any atom is -0.475 e. The van der Waals surface area contributed by atoms with Gasteiger partial charge in [-0.15, -0.1) is 4.91 Å². The number of carbonyl (C=O) groups excluding carboxylic acids is 1. The van der Waals surface area contributed by atoms with Crippen LogP contribution in [0, 0.1) is 16.2 Å². The number of nitrogens with zero attached hydrogens (tertiary/aromatic N) is 4. The summed E-state index contributed by atoms with van der Waals surface area (Å²) in [6.45, 7) is 13.7. The van der Waals surface area contributed by atoms with Crippen LogP contribution in [0.25, 0.3) is 11.0 Å². The molecule has 9 rings (SSSR count). The number of benzene rings is 3. The average Bonchev–Trinajstić information content (AvgIpc) is 3.97. The molecule has 0 unspecified atom stereocenters. The summed E-state index contributed by atoms with van der Waals surface area (Å²) in [6.07, 6.45) is 11.3. The summed E-state index contributed by atoms with van der Waals surface area (Å²) in [7, 11) is 0. The molecule has 338 valence electrons. The number of ether oxygens (including phenoxy) is 2. The van der Waals surface area contributed by atoms with Crippen molar-refractivity contribution in [2.45, 2.75) is 114 Å². The second-order valence-electron chi connectivity index (χ2n) is 19.3. The number of aromatic nitrogens is 2. The summed E-state index contributed by atoms with van der Waals surface area (Å²) >= 11 is 1.12. The zero-order valence-corrected chi connectivity index (χ0v) is 38.5. The molecule has 64 heavy (non-hydrogen) atoms. The van der Waals surface area contributed by atoms with E-state index >= 15 is 0 Å². The Bertz CT molecular complexity index is 2450. The Balaban J connectivity index is 0.886. The Morgan fingerprint density at radius 3 is 2.55 bits per heavy atom. The van der Waals surface area contributed by atoms with Gasteiger partial charge in [-0.05, 0) is 159 Å². The van der Waals surface area contributed by atoms with E-state index in [4.69, 9.17) is 9.47 Å². The van der Waals surface area contributed by atoms with Crippen molar-refractivity contribution >= 4 is 46.0 Å². The predicted octanol–water partition coefficient (Wildman–Crippen LogP) is 11.3. The van der Waals surface area contributed by atoms with Crippen LogP contribution >= 0.6 is 11.9 Å². The van der Waals surface area contributed by atoms with Crippen LogP contribution in [0.1, 0.15) is 119 Å². The summed E-state index contributed by atoms with van der Waals surface area (Å²) in [6, 6.07) is 24.8. The third-order valence-corrected chi connectivity index (χ3v) is 15.3. The number of aliphatic hydroxyl groups is 1. The van der Waals surface area contributed by atoms with Crippen LogP contribution < -0.4 is 24.4 Å². The number of rotatable bonds is 15. The molecule has 3 aromatic carbocycles. The minimum absolute atomic E-state index is 0.277. The first kappa shape index (κ1) is 44.1. The molecular formula is C51H63N7O5S. The standard InChI is InChI=1S/C51H63N7O5S/c1-5-62-49-46(27-35-19-24-52-47(35)54-49)63-45-28-36(57-25-22-51(23-26-57)31-58(32-51)44-12-8-11-40(44)39-10-7-6-9-38(39)33(2)3)13-15-41(45)48(59)56-64-37-14-16-42(43(29-37)55-61)53-30-34-17-20-50(4,60)21-18-34/h6-7,9-10,13-16,19,24,27-29,33-34,40,44,53,60H,5,8,11-12,17-18,20-23,25-26,30-32H2,1-4H3,(H,52,54)(H,56,59)/t34?,40-,44-,50?/m1/s1. The molecule has 0 bridgehead atoms. The van der Waals surface area contributed by atoms with Gasteiger partial charge in [0, 0.05) is 67.0 Å². The number of nitrogens with one attached hydrogen (secondary N) is 3. The molecule has 2 saturated heterocycles. The van der Waals surface area contributed by atoms with Crippen molar-refractivity contribution < 1.29 is 19.4 Å². The molecule has 4 aliphatic rings. The number of piperidine rings is 1. The zero-order chi connectivity index (χ0) is 44.4. The Morgan fingerprint density at radius 1 is 0.984 bits per heavy atom. The number of anilines is 2. The van der Waals surface area contributed by atoms with Crippen molar-refractivity contribution in [3.8, 4) is 17.4 Å². The van der Waals surface area contributed by atoms with E-state index < -0.39 is 5.60 Å². The van der Waals surface area contributed by atoms with Crippen molar-refractivity contribution in [2.75, 3.05) is 49.5 Å². The fourth-order valence-electron chi connectivity index (χ4n) is 10.8. The molecule has 13 heteroatoms. The van der Waals surface area contributed by atoms with Gasteiger partial charge in [-0.2, -0.15) is 4.98 Å². The SMILES string of the molecule is CCOc1nc2[nH]ccc2cc1Oc1cc(N2CCC3(CC2)CN([C@@H]2CCC[C@@H]2c2ccccc2C(C)C)C3)ccc1C(=O)NSc1ccc(NCC2CCC(C)(O)CC2)c(N=O)c1. The van der Waals surface area contributed by atoms with Gasteiger partial charge in [0.1, 0.15) is 17.1 Å². The molecule has 1 spiro atoms. The largest absolute Gasteiger partial charge is 0.475 e. The van der Waals surface area contributed by atoms with Crippen LogP contribution in [0.2, 0.25) is 0 Å². The number of H-pyrrole nitrogens is 1. The number of hydrogen-bond acceptors (Lipinski definition) is 11. The lowest BCUT2D eigenvalue weighted by atomic mass is 9.70. The Labute approximate surface area is 381 Å². The molecule has 12 nitrogen and oxygen atoms in total. The van der Waals surface area contributed by atoms with Gasteiger partial charge in [0.05, 0.1) is 23.5 Å². The van der Waals surface area contributed by atoms with Crippen molar-refractivity contribution in [3.05, 3.63) is 101 Å². The fraction of sp³-hybridized carbons (Fsp3) is 0.490. The van der Waals surface area contributed by atoms with Crippen molar-refractivity contribution in [1.29, 1.82) is 0 Å². The van der Waals surface area contributed by atoms with E-state index in [-0.39, 0.29) is 11.6 Å². The first-order valence-electron chi connectivity index (χ1n) is 23.4. The van der Waals surface area contributed by atoms with E-state index in [0.717, 1.165) is 74.6 Å². The maximum Gasteiger partial charge on any atom is 0.265 e. The molecule has 0 radical (unpaired) electrons. The Kier molecular flexibility index (Phi) is 12.9. The molecule has 1 amide bonds. The predicted molar refractivity (Wildman–Crippen MR) is 256 cm³/mol. The van der Waals surface area contributed by atoms with Crippen LogP contribution in [-0.4, -0.2) is 76.9 Å². The number of aromatic amines is 1. The Morgan fingerprint density at radius 2 is 1.78 bits per heavy atom. The number of fused-ring (bicyclic) bond motifs is 1. The molecule has 2 saturated carbocycles. The van der Waals surface area contributed by atoms with Crippen LogP contribution in [0.4, 0.5) is 17.1 Å². The van der Waals surface area contributed by atoms with E-state index in [1.165, 1.54) is 37.9 Å². The minimum atomic E-state index is -0.595. The van der Waals surface area contributed by atoms with Crippen LogP contribution in [0.5, 0.6) is 17.4 Å². The maximum absolute atomic E-state index is 14.1. The van der Waals surface area contributed by atoms with Crippen molar-refractivity contribution in [2.24, 2.45) is 16.5 Å². The van der Waals surface area contributed by atoms with Gasteiger partial charge < -0.3 is 29.8 Å². The molecule has 2 atom stereocenters. The quantitative estimate of drug-likeness (QED) is 0.0592. The first-order valence-corrected chi connectivity index (χ1v) is 24.2. The number of likely N-dealkylation sites (tertiary alicyclic amines) is 1. The monoisotopic (exact) mass is 885 g/mol. The number of pyridine rings is 1. The third-order valence-electron chi connectivity index (χ3n) is 14.5. The lowest BCUT2D eigenvalue weighted by Crippen LogP contribution is -2.63. The lowest BCUT2D eigenvalue weighted by Gasteiger charge is -2.57.